The second-order valence-corrected chi connectivity index (χ2v) is 6.90. The summed E-state index contributed by atoms with van der Waals surface area (Å²) in [4.78, 5) is 31.8. The minimum absolute atomic E-state index is 0.0602. The van der Waals surface area contributed by atoms with Gasteiger partial charge in [-0.05, 0) is 31.5 Å². The molecule has 4 rings (SSSR count). The van der Waals surface area contributed by atoms with E-state index in [0.29, 0.717) is 25.5 Å². The lowest BCUT2D eigenvalue weighted by atomic mass is 10.2. The van der Waals surface area contributed by atoms with Crippen LogP contribution in [0.1, 0.15) is 18.7 Å². The summed E-state index contributed by atoms with van der Waals surface area (Å²) >= 11 is 0. The predicted molar refractivity (Wildman–Crippen MR) is 106 cm³/mol. The van der Waals surface area contributed by atoms with Gasteiger partial charge in [0.1, 0.15) is 5.82 Å². The lowest BCUT2D eigenvalue weighted by Crippen LogP contribution is -2.37. The van der Waals surface area contributed by atoms with E-state index in [1.807, 2.05) is 35.9 Å². The zero-order chi connectivity index (χ0) is 19.3. The van der Waals surface area contributed by atoms with E-state index in [1.54, 1.807) is 24.8 Å². The van der Waals surface area contributed by atoms with Gasteiger partial charge in [0.15, 0.2) is 0 Å². The number of anilines is 1. The molecule has 28 heavy (non-hydrogen) atoms. The Morgan fingerprint density at radius 2 is 2.18 bits per heavy atom. The van der Waals surface area contributed by atoms with E-state index < -0.39 is 0 Å². The zero-order valence-electron chi connectivity index (χ0n) is 15.8. The van der Waals surface area contributed by atoms with Crippen LogP contribution in [0.15, 0.2) is 49.2 Å². The molecule has 0 radical (unpaired) electrons. The van der Waals surface area contributed by atoms with Crippen LogP contribution in [0.25, 0.3) is 11.3 Å². The molecule has 1 aliphatic rings. The lowest BCUT2D eigenvalue weighted by molar-refractivity contribution is -0.121. The molecule has 1 amide bonds. The Labute approximate surface area is 163 Å². The topological polar surface area (TPSA) is 88.8 Å². The van der Waals surface area contributed by atoms with Crippen LogP contribution >= 0.6 is 0 Å². The highest BCUT2D eigenvalue weighted by Crippen LogP contribution is 2.20. The Morgan fingerprint density at radius 1 is 1.25 bits per heavy atom. The summed E-state index contributed by atoms with van der Waals surface area (Å²) in [6.07, 6.45) is 10.3. The first kappa shape index (κ1) is 18.1. The Hall–Kier alpha value is -3.29. The number of hydrogen-bond acceptors (Lipinski definition) is 6. The maximum atomic E-state index is 12.3. The van der Waals surface area contributed by atoms with Crippen LogP contribution in [-0.4, -0.2) is 49.5 Å². The van der Waals surface area contributed by atoms with E-state index in [9.17, 15) is 4.79 Å². The van der Waals surface area contributed by atoms with E-state index in [0.717, 1.165) is 30.0 Å². The largest absolute Gasteiger partial charge is 0.351 e. The molecular formula is C20H23N7O. The number of aryl methyl sites for hydroxylation is 2. The number of nitrogens with one attached hydrogen (secondary N) is 1. The third kappa shape index (κ3) is 4.16. The summed E-state index contributed by atoms with van der Waals surface area (Å²) in [6.45, 7) is 4.12. The average molecular weight is 377 g/mol. The fourth-order valence-electron chi connectivity index (χ4n) is 3.40. The van der Waals surface area contributed by atoms with Gasteiger partial charge in [-0.25, -0.2) is 15.0 Å². The Morgan fingerprint density at radius 3 is 2.96 bits per heavy atom. The van der Waals surface area contributed by atoms with Crippen LogP contribution < -0.4 is 10.2 Å². The fraction of sp³-hybridized carbons (Fsp3) is 0.350. The number of rotatable bonds is 6. The summed E-state index contributed by atoms with van der Waals surface area (Å²) in [5.74, 6) is 1.67. The first-order valence-electron chi connectivity index (χ1n) is 9.44. The molecule has 0 aliphatic carbocycles. The average Bonchev–Trinajstić information content (AvgIpc) is 3.36. The minimum atomic E-state index is 0.0602. The monoisotopic (exact) mass is 377 g/mol. The van der Waals surface area contributed by atoms with Crippen molar-refractivity contribution in [2.24, 2.45) is 0 Å². The summed E-state index contributed by atoms with van der Waals surface area (Å²) in [5, 5.41) is 3.13. The summed E-state index contributed by atoms with van der Waals surface area (Å²) in [7, 11) is 0. The van der Waals surface area contributed by atoms with Crippen LogP contribution in [0.4, 0.5) is 5.95 Å². The molecule has 0 aromatic carbocycles. The van der Waals surface area contributed by atoms with Crippen LogP contribution in [0.2, 0.25) is 0 Å². The molecule has 1 atom stereocenters. The van der Waals surface area contributed by atoms with Crippen LogP contribution in [0, 0.1) is 6.92 Å². The molecule has 0 bridgehead atoms. The van der Waals surface area contributed by atoms with Crippen LogP contribution in [0.5, 0.6) is 0 Å². The molecule has 144 valence electrons. The number of carbonyl (C=O) groups excluding carboxylic acids is 1. The van der Waals surface area contributed by atoms with Crippen molar-refractivity contribution in [3.05, 3.63) is 55.0 Å². The molecule has 8 nitrogen and oxygen atoms in total. The van der Waals surface area contributed by atoms with Gasteiger partial charge in [-0.1, -0.05) is 0 Å². The molecule has 1 saturated heterocycles. The third-order valence-electron chi connectivity index (χ3n) is 4.94. The molecule has 1 aliphatic heterocycles. The van der Waals surface area contributed by atoms with Gasteiger partial charge in [0.25, 0.3) is 0 Å². The van der Waals surface area contributed by atoms with Crippen molar-refractivity contribution in [2.75, 3.05) is 18.0 Å². The Bertz CT molecular complexity index is 940. The third-order valence-corrected chi connectivity index (χ3v) is 4.94. The zero-order valence-corrected chi connectivity index (χ0v) is 15.8. The molecular weight excluding hydrogens is 354 g/mol. The normalized spacial score (nSPS) is 16.3. The van der Waals surface area contributed by atoms with Gasteiger partial charge in [-0.2, -0.15) is 0 Å². The highest BCUT2D eigenvalue weighted by Gasteiger charge is 2.25. The first-order chi connectivity index (χ1) is 13.7. The number of nitrogens with zero attached hydrogens (tertiary/aromatic N) is 6. The van der Waals surface area contributed by atoms with Crippen molar-refractivity contribution < 1.29 is 4.79 Å². The van der Waals surface area contributed by atoms with Crippen molar-refractivity contribution >= 4 is 11.9 Å². The molecule has 3 aromatic heterocycles. The number of imidazole rings is 1. The van der Waals surface area contributed by atoms with Gasteiger partial charge in [-0.15, -0.1) is 0 Å². The van der Waals surface area contributed by atoms with Gasteiger partial charge < -0.3 is 14.8 Å². The molecule has 4 heterocycles. The minimum Gasteiger partial charge on any atom is -0.351 e. The standard InChI is InChI=1S/C20H23N7O/c1-15-22-9-12-26(15)11-6-19(28)24-17-5-10-27(14-17)20-23-8-4-18(25-20)16-3-2-7-21-13-16/h2-4,7-9,12-13,17H,5-6,10-11,14H2,1H3,(H,24,28). The smallest absolute Gasteiger partial charge is 0.225 e. The number of amides is 1. The highest BCUT2D eigenvalue weighted by molar-refractivity contribution is 5.76. The Balaban J connectivity index is 1.33. The summed E-state index contributed by atoms with van der Waals surface area (Å²) in [5.41, 5.74) is 1.81. The maximum Gasteiger partial charge on any atom is 0.225 e. The van der Waals surface area contributed by atoms with Gasteiger partial charge in [0.05, 0.1) is 5.69 Å². The predicted octanol–water partition coefficient (Wildman–Crippen LogP) is 1.83. The van der Waals surface area contributed by atoms with Gasteiger partial charge >= 0.3 is 0 Å². The van der Waals surface area contributed by atoms with Crippen molar-refractivity contribution in [2.45, 2.75) is 32.4 Å². The van der Waals surface area contributed by atoms with Crippen LogP contribution in [0.3, 0.4) is 0 Å². The van der Waals surface area contributed by atoms with Gasteiger partial charge in [0.2, 0.25) is 11.9 Å². The number of aromatic nitrogens is 5. The van der Waals surface area contributed by atoms with Crippen molar-refractivity contribution in [1.82, 2.24) is 29.8 Å². The first-order valence-corrected chi connectivity index (χ1v) is 9.44. The molecule has 1 unspecified atom stereocenters. The van der Waals surface area contributed by atoms with Crippen molar-refractivity contribution in [1.29, 1.82) is 0 Å². The number of pyridine rings is 1. The van der Waals surface area contributed by atoms with E-state index in [4.69, 9.17) is 0 Å². The molecule has 1 N–H and O–H groups in total. The molecule has 3 aromatic rings. The summed E-state index contributed by atoms with van der Waals surface area (Å²) < 4.78 is 1.98. The van der Waals surface area contributed by atoms with Crippen molar-refractivity contribution in [3.63, 3.8) is 0 Å². The second-order valence-electron chi connectivity index (χ2n) is 6.90. The molecule has 0 saturated carbocycles. The Kier molecular flexibility index (Phi) is 5.27. The van der Waals surface area contributed by atoms with Gasteiger partial charge in [-0.3, -0.25) is 9.78 Å². The SMILES string of the molecule is Cc1nccn1CCC(=O)NC1CCN(c2nccc(-c3cccnc3)n2)C1. The lowest BCUT2D eigenvalue weighted by Gasteiger charge is -2.17. The highest BCUT2D eigenvalue weighted by atomic mass is 16.1. The number of carbonyl (C=O) groups is 1. The second kappa shape index (κ2) is 8.16. The quantitative estimate of drug-likeness (QED) is 0.705. The van der Waals surface area contributed by atoms with E-state index in [1.165, 1.54) is 0 Å². The summed E-state index contributed by atoms with van der Waals surface area (Å²) in [6, 6.07) is 5.87. The maximum absolute atomic E-state index is 12.3. The number of hydrogen-bond donors (Lipinski definition) is 1. The van der Waals surface area contributed by atoms with E-state index >= 15 is 0 Å². The fourth-order valence-corrected chi connectivity index (χ4v) is 3.40. The van der Waals surface area contributed by atoms with Crippen molar-refractivity contribution in [3.8, 4) is 11.3 Å². The van der Waals surface area contributed by atoms with Crippen LogP contribution in [-0.2, 0) is 11.3 Å². The molecule has 1 fully saturated rings. The molecule has 8 heteroatoms. The van der Waals surface area contributed by atoms with Gasteiger partial charge in [0, 0.05) is 68.6 Å². The van der Waals surface area contributed by atoms with E-state index in [2.05, 4.69) is 30.2 Å². The van der Waals surface area contributed by atoms with E-state index in [-0.39, 0.29) is 11.9 Å². The molecule has 0 spiro atoms.